The van der Waals surface area contributed by atoms with E-state index in [1.54, 1.807) is 0 Å². The lowest BCUT2D eigenvalue weighted by atomic mass is 10.0. The number of fused-ring (bicyclic) bond motifs is 3. The second-order valence-corrected chi connectivity index (χ2v) is 7.08. The molecule has 0 amide bonds. The molecule has 0 unspecified atom stereocenters. The van der Waals surface area contributed by atoms with E-state index < -0.39 is 0 Å². The monoisotopic (exact) mass is 355 g/mol. The van der Waals surface area contributed by atoms with Crippen LogP contribution in [-0.4, -0.2) is 26.7 Å². The minimum Gasteiger partial charge on any atom is -0.367 e. The lowest BCUT2D eigenvalue weighted by molar-refractivity contribution is 0.665. The van der Waals surface area contributed by atoms with Crippen LogP contribution in [0.4, 0.5) is 5.82 Å². The molecule has 0 bridgehead atoms. The Labute approximate surface area is 148 Å². The van der Waals surface area contributed by atoms with Crippen molar-refractivity contribution in [2.24, 2.45) is 5.73 Å². The Morgan fingerprint density at radius 1 is 1.22 bits per heavy atom. The quantitative estimate of drug-likeness (QED) is 0.868. The molecule has 3 aliphatic rings. The fourth-order valence-electron chi connectivity index (χ4n) is 4.26. The van der Waals surface area contributed by atoms with Gasteiger partial charge < -0.3 is 11.1 Å². The molecule has 2 fully saturated rings. The van der Waals surface area contributed by atoms with E-state index in [1.807, 2.05) is 16.8 Å². The van der Waals surface area contributed by atoms with Gasteiger partial charge in [-0.3, -0.25) is 0 Å². The molecule has 126 valence electrons. The molecule has 5 rings (SSSR count). The van der Waals surface area contributed by atoms with Gasteiger partial charge in [-0.2, -0.15) is 9.61 Å². The average Bonchev–Trinajstić information content (AvgIpc) is 2.82. The standard InChI is InChI=1S/C16H21N5.2ClH/c17-10-1-2-11(9-10)19-15-12-3-5-16(6-7-16)14(12)20-13-4-8-18-21(13)15;;/h4,8,10-11,19H,1-3,5-7,9,17H2;2*1H/t10-,11-;;/m0../s1. The molecule has 0 saturated heterocycles. The smallest absolute Gasteiger partial charge is 0.157 e. The molecule has 5 nitrogen and oxygen atoms in total. The van der Waals surface area contributed by atoms with Gasteiger partial charge >= 0.3 is 0 Å². The summed E-state index contributed by atoms with van der Waals surface area (Å²) < 4.78 is 1.99. The van der Waals surface area contributed by atoms with Crippen LogP contribution in [0.1, 0.15) is 49.8 Å². The topological polar surface area (TPSA) is 68.2 Å². The first-order valence-electron chi connectivity index (χ1n) is 8.14. The van der Waals surface area contributed by atoms with E-state index >= 15 is 0 Å². The summed E-state index contributed by atoms with van der Waals surface area (Å²) >= 11 is 0. The number of nitrogens with two attached hydrogens (primary N) is 1. The van der Waals surface area contributed by atoms with Crippen molar-refractivity contribution in [3.8, 4) is 0 Å². The molecular formula is C16H23Cl2N5. The molecule has 2 atom stereocenters. The largest absolute Gasteiger partial charge is 0.367 e. The fraction of sp³-hybridized carbons (Fsp3) is 0.625. The first-order chi connectivity index (χ1) is 10.3. The van der Waals surface area contributed by atoms with Crippen molar-refractivity contribution >= 4 is 36.3 Å². The van der Waals surface area contributed by atoms with Crippen LogP contribution in [0.5, 0.6) is 0 Å². The number of rotatable bonds is 2. The first-order valence-corrected chi connectivity index (χ1v) is 8.14. The van der Waals surface area contributed by atoms with Gasteiger partial charge in [0, 0.05) is 29.1 Å². The number of hydrogen-bond acceptors (Lipinski definition) is 4. The van der Waals surface area contributed by atoms with Crippen LogP contribution in [0.3, 0.4) is 0 Å². The zero-order chi connectivity index (χ0) is 14.0. The van der Waals surface area contributed by atoms with Crippen LogP contribution in [0.15, 0.2) is 12.3 Å². The summed E-state index contributed by atoms with van der Waals surface area (Å²) in [6.45, 7) is 0. The maximum absolute atomic E-state index is 6.06. The van der Waals surface area contributed by atoms with E-state index in [1.165, 1.54) is 36.3 Å². The lowest BCUT2D eigenvalue weighted by Gasteiger charge is -2.18. The van der Waals surface area contributed by atoms with Gasteiger partial charge in [0.15, 0.2) is 5.65 Å². The molecule has 1 spiro atoms. The van der Waals surface area contributed by atoms with E-state index in [2.05, 4.69) is 10.4 Å². The van der Waals surface area contributed by atoms with Crippen molar-refractivity contribution < 1.29 is 0 Å². The van der Waals surface area contributed by atoms with E-state index in [0.717, 1.165) is 31.3 Å². The zero-order valence-electron chi connectivity index (χ0n) is 13.0. The van der Waals surface area contributed by atoms with E-state index in [4.69, 9.17) is 10.7 Å². The molecule has 0 aromatic carbocycles. The van der Waals surface area contributed by atoms with Gasteiger partial charge in [-0.15, -0.1) is 24.8 Å². The van der Waals surface area contributed by atoms with Gasteiger partial charge in [0.1, 0.15) is 5.82 Å². The molecule has 2 aromatic heterocycles. The van der Waals surface area contributed by atoms with Crippen molar-refractivity contribution in [3.63, 3.8) is 0 Å². The van der Waals surface area contributed by atoms with Crippen LogP contribution in [0, 0.1) is 0 Å². The summed E-state index contributed by atoms with van der Waals surface area (Å²) in [4.78, 5) is 4.92. The molecule has 3 N–H and O–H groups in total. The van der Waals surface area contributed by atoms with Crippen molar-refractivity contribution in [2.75, 3.05) is 5.32 Å². The van der Waals surface area contributed by atoms with Crippen LogP contribution in [-0.2, 0) is 11.8 Å². The SMILES string of the molecule is Cl.Cl.N[C@H]1CC[C@H](Nc2c3c(nc4ccnn24)C2(CC3)CC2)C1. The Balaban J connectivity index is 0.000000781. The molecule has 23 heavy (non-hydrogen) atoms. The average molecular weight is 356 g/mol. The summed E-state index contributed by atoms with van der Waals surface area (Å²) in [6, 6.07) is 2.84. The van der Waals surface area contributed by atoms with Crippen LogP contribution in [0.25, 0.3) is 5.65 Å². The Bertz CT molecular complexity index is 725. The highest BCUT2D eigenvalue weighted by atomic mass is 35.5. The third-order valence-electron chi connectivity index (χ3n) is 5.66. The fourth-order valence-corrected chi connectivity index (χ4v) is 4.26. The summed E-state index contributed by atoms with van der Waals surface area (Å²) in [6.07, 6.45) is 10.2. The third-order valence-corrected chi connectivity index (χ3v) is 5.66. The molecule has 2 aromatic rings. The predicted octanol–water partition coefficient (Wildman–Crippen LogP) is 2.84. The van der Waals surface area contributed by atoms with E-state index in [-0.39, 0.29) is 24.8 Å². The molecule has 2 saturated carbocycles. The van der Waals surface area contributed by atoms with E-state index in [9.17, 15) is 0 Å². The summed E-state index contributed by atoms with van der Waals surface area (Å²) in [5.74, 6) is 1.18. The highest BCUT2D eigenvalue weighted by Gasteiger charge is 2.51. The second kappa shape index (κ2) is 5.80. The van der Waals surface area contributed by atoms with Gasteiger partial charge in [0.25, 0.3) is 0 Å². The summed E-state index contributed by atoms with van der Waals surface area (Å²) in [5, 5.41) is 8.23. The number of nitrogens with zero attached hydrogens (tertiary/aromatic N) is 3. The second-order valence-electron chi connectivity index (χ2n) is 7.08. The van der Waals surface area contributed by atoms with Gasteiger partial charge in [-0.25, -0.2) is 4.98 Å². The highest BCUT2D eigenvalue weighted by Crippen LogP contribution is 2.57. The number of hydrogen-bond donors (Lipinski definition) is 2. The number of aromatic nitrogens is 3. The van der Waals surface area contributed by atoms with Crippen molar-refractivity contribution in [2.45, 2.75) is 62.4 Å². The van der Waals surface area contributed by atoms with Gasteiger partial charge in [0.2, 0.25) is 0 Å². The van der Waals surface area contributed by atoms with Crippen LogP contribution in [0.2, 0.25) is 0 Å². The summed E-state index contributed by atoms with van der Waals surface area (Å²) in [7, 11) is 0. The van der Waals surface area contributed by atoms with Crippen molar-refractivity contribution in [1.82, 2.24) is 14.6 Å². The molecule has 7 heteroatoms. The Morgan fingerprint density at radius 3 is 2.74 bits per heavy atom. The van der Waals surface area contributed by atoms with Gasteiger partial charge in [-0.1, -0.05) is 0 Å². The number of halogens is 2. The lowest BCUT2D eigenvalue weighted by Crippen LogP contribution is -2.23. The van der Waals surface area contributed by atoms with Crippen molar-refractivity contribution in [1.29, 1.82) is 0 Å². The normalized spacial score (nSPS) is 26.7. The third kappa shape index (κ3) is 2.49. The van der Waals surface area contributed by atoms with Gasteiger partial charge in [-0.05, 0) is 44.9 Å². The molecule has 3 aliphatic carbocycles. The van der Waals surface area contributed by atoms with Crippen LogP contribution < -0.4 is 11.1 Å². The molecule has 0 aliphatic heterocycles. The first kappa shape index (κ1) is 16.8. The summed E-state index contributed by atoms with van der Waals surface area (Å²) in [5.41, 5.74) is 10.2. The highest BCUT2D eigenvalue weighted by molar-refractivity contribution is 5.85. The predicted molar refractivity (Wildman–Crippen MR) is 96.0 cm³/mol. The number of anilines is 1. The Morgan fingerprint density at radius 2 is 2.04 bits per heavy atom. The molecule has 0 radical (unpaired) electrons. The maximum atomic E-state index is 6.06. The maximum Gasteiger partial charge on any atom is 0.157 e. The Hall–Kier alpha value is -1.04. The van der Waals surface area contributed by atoms with Crippen LogP contribution >= 0.6 is 24.8 Å². The number of nitrogens with one attached hydrogen (secondary N) is 1. The van der Waals surface area contributed by atoms with E-state index in [0.29, 0.717) is 17.5 Å². The molecular weight excluding hydrogens is 333 g/mol. The van der Waals surface area contributed by atoms with Crippen molar-refractivity contribution in [3.05, 3.63) is 23.5 Å². The Kier molecular flexibility index (Phi) is 4.23. The molecule has 2 heterocycles. The zero-order valence-corrected chi connectivity index (χ0v) is 14.6. The van der Waals surface area contributed by atoms with Gasteiger partial charge in [0.05, 0.1) is 11.9 Å². The minimum atomic E-state index is 0. The minimum absolute atomic E-state index is 0.